The number of carbonyl (C=O) groups is 1. The van der Waals surface area contributed by atoms with Crippen LogP contribution in [0, 0.1) is 0 Å². The molecule has 0 unspecified atom stereocenters. The molecule has 0 spiro atoms. The van der Waals surface area contributed by atoms with Gasteiger partial charge in [-0.05, 0) is 60.7 Å². The molecular weight excluding hydrogens is 339 g/mol. The first kappa shape index (κ1) is 16.4. The Bertz CT molecular complexity index is 1180. The lowest BCUT2D eigenvalue weighted by atomic mass is 10.2. The van der Waals surface area contributed by atoms with Crippen molar-refractivity contribution in [2.24, 2.45) is 4.99 Å². The van der Waals surface area contributed by atoms with Crippen molar-refractivity contribution < 1.29 is 4.79 Å². The molecule has 0 aromatic carbocycles. The molecule has 5 heterocycles. The Labute approximate surface area is 160 Å². The summed E-state index contributed by atoms with van der Waals surface area (Å²) in [4.78, 5) is 23.4. The second-order valence-electron chi connectivity index (χ2n) is 6.11. The van der Waals surface area contributed by atoms with Gasteiger partial charge in [-0.2, -0.15) is 0 Å². The van der Waals surface area contributed by atoms with Gasteiger partial charge in [-0.1, -0.05) is 0 Å². The van der Waals surface area contributed by atoms with Crippen molar-refractivity contribution in [1.82, 2.24) is 15.3 Å². The third-order valence-corrected chi connectivity index (χ3v) is 4.19. The van der Waals surface area contributed by atoms with Crippen LogP contribution >= 0.6 is 0 Å². The molecule has 0 amide bonds. The van der Waals surface area contributed by atoms with Crippen LogP contribution in [0.4, 0.5) is 0 Å². The Balaban J connectivity index is 0.00000168. The minimum Gasteiger partial charge on any atom is -0.355 e. The monoisotopic (exact) mass is 353 g/mol. The number of aliphatic imine (C=N–C) groups is 1. The highest BCUT2D eigenvalue weighted by atomic mass is 27.0. The molecule has 3 aliphatic heterocycles. The van der Waals surface area contributed by atoms with Gasteiger partial charge >= 0.3 is 0 Å². The number of rotatable bonds is 0. The van der Waals surface area contributed by atoms with Crippen LogP contribution in [0.3, 0.4) is 0 Å². The van der Waals surface area contributed by atoms with Gasteiger partial charge in [-0.15, -0.1) is 0 Å². The van der Waals surface area contributed by atoms with Crippen molar-refractivity contribution in [3.63, 3.8) is 0 Å². The first-order chi connectivity index (χ1) is 12.2. The summed E-state index contributed by atoms with van der Waals surface area (Å²) in [5.74, 6) is -0.0453. The van der Waals surface area contributed by atoms with Crippen molar-refractivity contribution in [1.29, 1.82) is 0 Å². The summed E-state index contributed by atoms with van der Waals surface area (Å²) in [5, 5.41) is 5.07. The van der Waals surface area contributed by atoms with E-state index in [9.17, 15) is 4.79 Å². The third-order valence-electron chi connectivity index (χ3n) is 4.19. The summed E-state index contributed by atoms with van der Waals surface area (Å²) in [7, 11) is 0. The Kier molecular flexibility index (Phi) is 4.00. The predicted octanol–water partition coefficient (Wildman–Crippen LogP) is 0.877. The van der Waals surface area contributed by atoms with Gasteiger partial charge in [0.2, 0.25) is 5.78 Å². The second kappa shape index (κ2) is 6.34. The molecule has 6 heteroatoms. The molecule has 26 heavy (non-hydrogen) atoms. The minimum absolute atomic E-state index is 0. The van der Waals surface area contributed by atoms with E-state index in [1.165, 1.54) is 0 Å². The average molecular weight is 353 g/mol. The predicted molar refractivity (Wildman–Crippen MR) is 103 cm³/mol. The molecule has 2 aromatic heterocycles. The van der Waals surface area contributed by atoms with Gasteiger partial charge in [0.15, 0.2) is 0 Å². The quantitative estimate of drug-likeness (QED) is 0.615. The Hall–Kier alpha value is -3.07. The van der Waals surface area contributed by atoms with E-state index < -0.39 is 0 Å². The average Bonchev–Trinajstić information content (AvgIpc) is 3.33. The first-order valence-electron chi connectivity index (χ1n) is 8.02. The largest absolute Gasteiger partial charge is 0.355 e. The van der Waals surface area contributed by atoms with E-state index >= 15 is 0 Å². The normalized spacial score (nSPS) is 17.2. The maximum absolute atomic E-state index is 12.2. The lowest BCUT2D eigenvalue weighted by Gasteiger charge is -1.99. The third kappa shape index (κ3) is 3.08. The molecule has 2 aromatic rings. The van der Waals surface area contributed by atoms with Gasteiger partial charge in [0.1, 0.15) is 0 Å². The molecule has 3 N–H and O–H groups in total. The van der Waals surface area contributed by atoms with E-state index in [0.717, 1.165) is 39.2 Å². The van der Waals surface area contributed by atoms with Crippen molar-refractivity contribution in [2.45, 2.75) is 0 Å². The fourth-order valence-electron chi connectivity index (χ4n) is 3.05. The number of aromatic nitrogens is 2. The van der Waals surface area contributed by atoms with Crippen molar-refractivity contribution >= 4 is 47.1 Å². The maximum atomic E-state index is 12.2. The van der Waals surface area contributed by atoms with E-state index in [1.54, 1.807) is 12.2 Å². The summed E-state index contributed by atoms with van der Waals surface area (Å²) >= 11 is 0. The van der Waals surface area contributed by atoms with Crippen LogP contribution in [-0.2, 0) is 4.79 Å². The van der Waals surface area contributed by atoms with Gasteiger partial charge in [0, 0.05) is 51.2 Å². The lowest BCUT2D eigenvalue weighted by molar-refractivity contribution is -0.111. The summed E-state index contributed by atoms with van der Waals surface area (Å²) in [6, 6.07) is 8.04. The topological polar surface area (TPSA) is 73.0 Å². The smallest absolute Gasteiger partial charge is 0.204 e. The molecule has 123 valence electrons. The van der Waals surface area contributed by atoms with E-state index in [0.29, 0.717) is 5.70 Å². The molecule has 0 aliphatic carbocycles. The minimum atomic E-state index is -0.0453. The van der Waals surface area contributed by atoms with Crippen LogP contribution in [0.15, 0.2) is 70.7 Å². The van der Waals surface area contributed by atoms with E-state index in [2.05, 4.69) is 20.3 Å². The number of aromatic amines is 2. The Morgan fingerprint density at radius 2 is 1.54 bits per heavy atom. The SMILES string of the molecule is O=C1C=C2C=c3ccc([nH]3)=Cc3ccc([nH]3)C=C3C=CC(=N3)C=C1N2.[Al]. The molecule has 3 radical (unpaired) electrons. The van der Waals surface area contributed by atoms with Gasteiger partial charge in [0.05, 0.1) is 17.1 Å². The zero-order valence-corrected chi connectivity index (χ0v) is 14.9. The van der Waals surface area contributed by atoms with E-state index in [-0.39, 0.29) is 23.1 Å². The lowest BCUT2D eigenvalue weighted by Crippen LogP contribution is -2.14. The molecule has 0 saturated carbocycles. The Morgan fingerprint density at radius 1 is 0.769 bits per heavy atom. The van der Waals surface area contributed by atoms with Crippen molar-refractivity contribution in [3.8, 4) is 0 Å². The summed E-state index contributed by atoms with van der Waals surface area (Å²) < 4.78 is 0. The highest BCUT2D eigenvalue weighted by Gasteiger charge is 2.17. The highest BCUT2D eigenvalue weighted by molar-refractivity contribution is 6.16. The molecular formula is C20H14AlN4O. The summed E-state index contributed by atoms with van der Waals surface area (Å²) in [6.07, 6.45) is 13.1. The number of hydrogen-bond acceptors (Lipinski definition) is 3. The highest BCUT2D eigenvalue weighted by Crippen LogP contribution is 2.17. The molecule has 3 aliphatic rings. The molecule has 5 rings (SSSR count). The fraction of sp³-hybridized carbons (Fsp3) is 0. The van der Waals surface area contributed by atoms with Crippen molar-refractivity contribution in [2.75, 3.05) is 0 Å². The van der Waals surface area contributed by atoms with E-state index in [1.807, 2.05) is 54.6 Å². The van der Waals surface area contributed by atoms with Crippen LogP contribution in [0.25, 0.3) is 18.2 Å². The van der Waals surface area contributed by atoms with Crippen LogP contribution in [0.5, 0.6) is 0 Å². The fourth-order valence-corrected chi connectivity index (χ4v) is 3.05. The maximum Gasteiger partial charge on any atom is 0.204 e. The van der Waals surface area contributed by atoms with Crippen LogP contribution in [0.1, 0.15) is 11.4 Å². The standard InChI is InChI=1S/C20H14N4O.Al/c25-20-11-18-9-16-4-3-14(22-16)7-12-1-2-13(21-12)8-15-5-6-17(23-15)10-19(20)24-18;/h1-11,21-22,24H;. The summed E-state index contributed by atoms with van der Waals surface area (Å²) in [6.45, 7) is 0. The van der Waals surface area contributed by atoms with Crippen LogP contribution in [0.2, 0.25) is 0 Å². The number of hydrogen-bond donors (Lipinski definition) is 3. The molecule has 0 saturated heterocycles. The second-order valence-corrected chi connectivity index (χ2v) is 6.11. The van der Waals surface area contributed by atoms with Crippen LogP contribution in [-0.4, -0.2) is 38.8 Å². The molecule has 0 atom stereocenters. The van der Waals surface area contributed by atoms with Crippen molar-refractivity contribution in [3.05, 3.63) is 87.7 Å². The number of carbonyl (C=O) groups excluding carboxylic acids is 1. The van der Waals surface area contributed by atoms with E-state index in [4.69, 9.17) is 0 Å². The molecule has 8 bridgehead atoms. The van der Waals surface area contributed by atoms with Gasteiger partial charge in [-0.25, -0.2) is 4.99 Å². The Morgan fingerprint density at radius 3 is 2.38 bits per heavy atom. The number of nitrogens with one attached hydrogen (secondary N) is 3. The number of H-pyrrole nitrogens is 2. The number of ketones is 1. The number of fused-ring (bicyclic) bond motifs is 7. The molecule has 0 fully saturated rings. The van der Waals surface area contributed by atoms with Crippen LogP contribution < -0.4 is 16.0 Å². The van der Waals surface area contributed by atoms with Gasteiger partial charge in [0.25, 0.3) is 0 Å². The first-order valence-corrected chi connectivity index (χ1v) is 8.02. The zero-order valence-electron chi connectivity index (χ0n) is 13.8. The number of nitrogens with zero attached hydrogens (tertiary/aromatic N) is 1. The van der Waals surface area contributed by atoms with Gasteiger partial charge < -0.3 is 15.3 Å². The number of allylic oxidation sites excluding steroid dienone is 5. The molecule has 5 nitrogen and oxygen atoms in total. The zero-order chi connectivity index (χ0) is 16.8. The van der Waals surface area contributed by atoms with Gasteiger partial charge in [-0.3, -0.25) is 4.79 Å². The summed E-state index contributed by atoms with van der Waals surface area (Å²) in [5.41, 5.74) is 4.88.